The third kappa shape index (κ3) is 5.55. The number of rotatable bonds is 8. The van der Waals surface area contributed by atoms with Gasteiger partial charge in [-0.25, -0.2) is 4.79 Å². The second-order valence-corrected chi connectivity index (χ2v) is 6.20. The van der Waals surface area contributed by atoms with Crippen LogP contribution in [0, 0.1) is 0 Å². The molecule has 0 radical (unpaired) electrons. The minimum absolute atomic E-state index is 0.256. The number of hydrogen-bond donors (Lipinski definition) is 0. The molecular weight excluding hydrogens is 363 g/mol. The quantitative estimate of drug-likeness (QED) is 0.329. The van der Waals surface area contributed by atoms with E-state index in [4.69, 9.17) is 37.4 Å². The lowest BCUT2D eigenvalue weighted by molar-refractivity contribution is 0.0734. The van der Waals surface area contributed by atoms with E-state index in [1.807, 2.05) is 0 Å². The standard InChI is InChI=1S/C19H20Cl2O4/c1-3-4-5-10-24-18-16(20)11-13(12-17(18)21)19(22)25-15-8-6-14(23-2)7-9-15/h6-9,11-12H,3-5,10H2,1-2H3. The molecule has 134 valence electrons. The zero-order chi connectivity index (χ0) is 18.2. The average Bonchev–Trinajstić information content (AvgIpc) is 2.61. The van der Waals surface area contributed by atoms with Crippen molar-refractivity contribution in [3.63, 3.8) is 0 Å². The molecule has 0 aromatic heterocycles. The molecule has 0 N–H and O–H groups in total. The highest BCUT2D eigenvalue weighted by molar-refractivity contribution is 6.37. The van der Waals surface area contributed by atoms with Gasteiger partial charge in [0.2, 0.25) is 0 Å². The van der Waals surface area contributed by atoms with E-state index in [-0.39, 0.29) is 15.6 Å². The molecule has 2 rings (SSSR count). The van der Waals surface area contributed by atoms with Crippen molar-refractivity contribution in [3.8, 4) is 17.2 Å². The summed E-state index contributed by atoms with van der Waals surface area (Å²) in [6.45, 7) is 2.64. The predicted octanol–water partition coefficient (Wildman–Crippen LogP) is 5.79. The zero-order valence-corrected chi connectivity index (χ0v) is 15.7. The van der Waals surface area contributed by atoms with Gasteiger partial charge in [-0.2, -0.15) is 0 Å². The Hall–Kier alpha value is -1.91. The number of methoxy groups -OCH3 is 1. The average molecular weight is 383 g/mol. The van der Waals surface area contributed by atoms with Crippen LogP contribution < -0.4 is 14.2 Å². The Morgan fingerprint density at radius 2 is 1.60 bits per heavy atom. The lowest BCUT2D eigenvalue weighted by Gasteiger charge is -2.11. The fourth-order valence-electron chi connectivity index (χ4n) is 2.15. The maximum Gasteiger partial charge on any atom is 0.343 e. The summed E-state index contributed by atoms with van der Waals surface area (Å²) in [4.78, 5) is 12.3. The first-order valence-corrected chi connectivity index (χ1v) is 8.78. The Labute approximate surface area is 157 Å². The van der Waals surface area contributed by atoms with E-state index in [1.54, 1.807) is 31.4 Å². The first-order chi connectivity index (χ1) is 12.0. The van der Waals surface area contributed by atoms with Gasteiger partial charge in [0.1, 0.15) is 11.5 Å². The predicted molar refractivity (Wildman–Crippen MR) is 99.4 cm³/mol. The van der Waals surface area contributed by atoms with Gasteiger partial charge in [-0.05, 0) is 42.8 Å². The van der Waals surface area contributed by atoms with Gasteiger partial charge in [0, 0.05) is 0 Å². The molecule has 0 heterocycles. The molecule has 2 aromatic rings. The molecule has 0 fully saturated rings. The first kappa shape index (κ1) is 19.4. The lowest BCUT2D eigenvalue weighted by atomic mass is 10.2. The number of benzene rings is 2. The summed E-state index contributed by atoms with van der Waals surface area (Å²) < 4.78 is 16.0. The molecule has 0 saturated heterocycles. The van der Waals surface area contributed by atoms with Gasteiger partial charge < -0.3 is 14.2 Å². The van der Waals surface area contributed by atoms with Crippen molar-refractivity contribution in [1.29, 1.82) is 0 Å². The normalized spacial score (nSPS) is 10.4. The molecule has 4 nitrogen and oxygen atoms in total. The number of unbranched alkanes of at least 4 members (excludes halogenated alkanes) is 2. The van der Waals surface area contributed by atoms with E-state index in [0.717, 1.165) is 19.3 Å². The van der Waals surface area contributed by atoms with Crippen molar-refractivity contribution in [2.24, 2.45) is 0 Å². The summed E-state index contributed by atoms with van der Waals surface area (Å²) in [7, 11) is 1.57. The van der Waals surface area contributed by atoms with Gasteiger partial charge in [0.25, 0.3) is 0 Å². The number of halogens is 2. The second kappa shape index (κ2) is 9.54. The highest BCUT2D eigenvalue weighted by atomic mass is 35.5. The molecule has 0 atom stereocenters. The Morgan fingerprint density at radius 1 is 1.00 bits per heavy atom. The largest absolute Gasteiger partial charge is 0.497 e. The lowest BCUT2D eigenvalue weighted by Crippen LogP contribution is -2.09. The van der Waals surface area contributed by atoms with Crippen LogP contribution in [0.3, 0.4) is 0 Å². The second-order valence-electron chi connectivity index (χ2n) is 5.39. The topological polar surface area (TPSA) is 44.8 Å². The van der Waals surface area contributed by atoms with Gasteiger partial charge in [0.05, 0.1) is 29.3 Å². The van der Waals surface area contributed by atoms with Crippen LogP contribution in [-0.2, 0) is 0 Å². The van der Waals surface area contributed by atoms with Crippen molar-refractivity contribution >= 4 is 29.2 Å². The highest BCUT2D eigenvalue weighted by Gasteiger charge is 2.16. The summed E-state index contributed by atoms with van der Waals surface area (Å²) >= 11 is 12.4. The first-order valence-electron chi connectivity index (χ1n) is 8.03. The maximum absolute atomic E-state index is 12.3. The van der Waals surface area contributed by atoms with Crippen molar-refractivity contribution < 1.29 is 19.0 Å². The third-order valence-corrected chi connectivity index (χ3v) is 4.06. The van der Waals surface area contributed by atoms with E-state index in [2.05, 4.69) is 6.92 Å². The Balaban J connectivity index is 2.06. The van der Waals surface area contributed by atoms with Gasteiger partial charge in [-0.15, -0.1) is 0 Å². The Morgan fingerprint density at radius 3 is 2.16 bits per heavy atom. The minimum atomic E-state index is -0.550. The Kier molecular flexibility index (Phi) is 7.41. The number of hydrogen-bond acceptors (Lipinski definition) is 4. The SMILES string of the molecule is CCCCCOc1c(Cl)cc(C(=O)Oc2ccc(OC)cc2)cc1Cl. The van der Waals surface area contributed by atoms with Gasteiger partial charge in [-0.3, -0.25) is 0 Å². The number of esters is 1. The molecule has 2 aromatic carbocycles. The third-order valence-electron chi connectivity index (χ3n) is 3.50. The van der Waals surface area contributed by atoms with E-state index >= 15 is 0 Å². The molecule has 0 spiro atoms. The fraction of sp³-hybridized carbons (Fsp3) is 0.316. The molecule has 0 aliphatic carbocycles. The molecule has 0 aliphatic heterocycles. The summed E-state index contributed by atoms with van der Waals surface area (Å²) in [6.07, 6.45) is 3.09. The molecule has 0 saturated carbocycles. The van der Waals surface area contributed by atoms with E-state index in [9.17, 15) is 4.79 Å². The van der Waals surface area contributed by atoms with Crippen LogP contribution in [0.1, 0.15) is 36.5 Å². The van der Waals surface area contributed by atoms with Crippen LogP contribution >= 0.6 is 23.2 Å². The molecule has 25 heavy (non-hydrogen) atoms. The summed E-state index contributed by atoms with van der Waals surface area (Å²) in [5.74, 6) is 0.917. The van der Waals surface area contributed by atoms with E-state index in [1.165, 1.54) is 12.1 Å². The van der Waals surface area contributed by atoms with Crippen LogP contribution in [0.2, 0.25) is 10.0 Å². The number of carbonyl (C=O) groups excluding carboxylic acids is 1. The molecule has 0 aliphatic rings. The monoisotopic (exact) mass is 382 g/mol. The van der Waals surface area contributed by atoms with E-state index < -0.39 is 5.97 Å². The zero-order valence-electron chi connectivity index (χ0n) is 14.2. The van der Waals surface area contributed by atoms with Crippen LogP contribution in [0.15, 0.2) is 36.4 Å². The van der Waals surface area contributed by atoms with Crippen LogP contribution in [0.5, 0.6) is 17.2 Å². The Bertz CT molecular complexity index is 691. The van der Waals surface area contributed by atoms with Gasteiger partial charge >= 0.3 is 5.97 Å². The van der Waals surface area contributed by atoms with Gasteiger partial charge in [0.15, 0.2) is 5.75 Å². The number of ether oxygens (including phenoxy) is 3. The molecule has 0 amide bonds. The van der Waals surface area contributed by atoms with E-state index in [0.29, 0.717) is 23.9 Å². The maximum atomic E-state index is 12.3. The van der Waals surface area contributed by atoms with Crippen molar-refractivity contribution in [2.75, 3.05) is 13.7 Å². The molecule has 6 heteroatoms. The van der Waals surface area contributed by atoms with Crippen molar-refractivity contribution in [3.05, 3.63) is 52.0 Å². The van der Waals surface area contributed by atoms with Crippen LogP contribution in [0.4, 0.5) is 0 Å². The molecule has 0 unspecified atom stereocenters. The minimum Gasteiger partial charge on any atom is -0.497 e. The number of carbonyl (C=O) groups is 1. The highest BCUT2D eigenvalue weighted by Crippen LogP contribution is 2.34. The van der Waals surface area contributed by atoms with Gasteiger partial charge in [-0.1, -0.05) is 43.0 Å². The van der Waals surface area contributed by atoms with Crippen LogP contribution in [0.25, 0.3) is 0 Å². The molecule has 0 bridgehead atoms. The molecular formula is C19H20Cl2O4. The summed E-state index contributed by atoms with van der Waals surface area (Å²) in [6, 6.07) is 9.69. The smallest absolute Gasteiger partial charge is 0.343 e. The summed E-state index contributed by atoms with van der Waals surface area (Å²) in [5.41, 5.74) is 0.256. The summed E-state index contributed by atoms with van der Waals surface area (Å²) in [5, 5.41) is 0.566. The van der Waals surface area contributed by atoms with Crippen molar-refractivity contribution in [2.45, 2.75) is 26.2 Å². The fourth-order valence-corrected chi connectivity index (χ4v) is 2.75. The van der Waals surface area contributed by atoms with Crippen LogP contribution in [-0.4, -0.2) is 19.7 Å². The van der Waals surface area contributed by atoms with Crippen molar-refractivity contribution in [1.82, 2.24) is 0 Å².